The van der Waals surface area contributed by atoms with Crippen molar-refractivity contribution >= 4 is 17.7 Å². The third-order valence-corrected chi connectivity index (χ3v) is 3.44. The molecule has 2 aromatic rings. The van der Waals surface area contributed by atoms with Crippen molar-refractivity contribution in [3.8, 4) is 5.69 Å². The minimum Gasteiger partial charge on any atom is -0.481 e. The van der Waals surface area contributed by atoms with Gasteiger partial charge in [0.05, 0.1) is 11.4 Å². The molecule has 0 saturated carbocycles. The molecule has 0 aliphatic rings. The van der Waals surface area contributed by atoms with E-state index in [4.69, 9.17) is 5.11 Å². The molecule has 0 amide bonds. The number of para-hydroxylation sites is 1. The molecule has 19 heavy (non-hydrogen) atoms. The van der Waals surface area contributed by atoms with Crippen molar-refractivity contribution in [2.24, 2.45) is 0 Å². The predicted octanol–water partition coefficient (Wildman–Crippen LogP) is 1.24. The minimum atomic E-state index is -0.921. The van der Waals surface area contributed by atoms with Crippen LogP contribution in [0.15, 0.2) is 29.4 Å². The number of aromatic nitrogens is 3. The Hall–Kier alpha value is -1.86. The number of carboxylic acid groups (broad SMARTS) is 1. The molecule has 100 valence electrons. The number of rotatable bonds is 5. The fourth-order valence-corrected chi connectivity index (χ4v) is 2.36. The van der Waals surface area contributed by atoms with Crippen molar-refractivity contribution in [2.45, 2.75) is 18.7 Å². The molecule has 2 N–H and O–H groups in total. The van der Waals surface area contributed by atoms with Gasteiger partial charge >= 0.3 is 5.97 Å². The van der Waals surface area contributed by atoms with Crippen LogP contribution in [0.1, 0.15) is 11.4 Å². The van der Waals surface area contributed by atoms with Crippen LogP contribution in [0.5, 0.6) is 0 Å². The largest absolute Gasteiger partial charge is 0.481 e. The summed E-state index contributed by atoms with van der Waals surface area (Å²) in [6.07, 6.45) is 0. The van der Waals surface area contributed by atoms with Gasteiger partial charge in [0.1, 0.15) is 6.61 Å². The maximum atomic E-state index is 10.6. The van der Waals surface area contributed by atoms with Gasteiger partial charge in [-0.05, 0) is 18.6 Å². The highest BCUT2D eigenvalue weighted by Gasteiger charge is 2.15. The van der Waals surface area contributed by atoms with Gasteiger partial charge in [0.15, 0.2) is 11.0 Å². The van der Waals surface area contributed by atoms with E-state index in [-0.39, 0.29) is 12.4 Å². The molecular weight excluding hydrogens is 266 g/mol. The molecular formula is C12H13N3O3S. The second-order valence-corrected chi connectivity index (χ2v) is 4.80. The number of aryl methyl sites for hydroxylation is 1. The van der Waals surface area contributed by atoms with E-state index in [9.17, 15) is 9.90 Å². The summed E-state index contributed by atoms with van der Waals surface area (Å²) in [4.78, 5) is 10.6. The third-order valence-electron chi connectivity index (χ3n) is 2.52. The predicted molar refractivity (Wildman–Crippen MR) is 70.4 cm³/mol. The van der Waals surface area contributed by atoms with Crippen LogP contribution in [0.3, 0.4) is 0 Å². The average molecular weight is 279 g/mol. The van der Waals surface area contributed by atoms with Crippen LogP contribution >= 0.6 is 11.8 Å². The molecule has 0 aliphatic heterocycles. The molecule has 7 heteroatoms. The van der Waals surface area contributed by atoms with Gasteiger partial charge in [0.25, 0.3) is 0 Å². The van der Waals surface area contributed by atoms with E-state index in [1.165, 1.54) is 0 Å². The van der Waals surface area contributed by atoms with Crippen molar-refractivity contribution in [1.82, 2.24) is 14.8 Å². The number of carboxylic acids is 1. The third kappa shape index (κ3) is 2.94. The van der Waals surface area contributed by atoms with Crippen LogP contribution in [-0.4, -0.2) is 36.7 Å². The molecule has 2 rings (SSSR count). The fourth-order valence-electron chi connectivity index (χ4n) is 1.68. The smallest absolute Gasteiger partial charge is 0.313 e. The van der Waals surface area contributed by atoms with Crippen molar-refractivity contribution in [3.05, 3.63) is 35.7 Å². The number of thioether (sulfide) groups is 1. The normalized spacial score (nSPS) is 10.6. The Bertz CT molecular complexity index is 598. The van der Waals surface area contributed by atoms with E-state index < -0.39 is 5.97 Å². The number of hydrogen-bond acceptors (Lipinski definition) is 5. The highest BCUT2D eigenvalue weighted by molar-refractivity contribution is 7.99. The van der Waals surface area contributed by atoms with Crippen LogP contribution in [0.25, 0.3) is 5.69 Å². The van der Waals surface area contributed by atoms with Gasteiger partial charge in [-0.3, -0.25) is 9.36 Å². The van der Waals surface area contributed by atoms with Crippen LogP contribution in [0.4, 0.5) is 0 Å². The highest BCUT2D eigenvalue weighted by atomic mass is 32.2. The number of aliphatic hydroxyl groups is 1. The lowest BCUT2D eigenvalue weighted by atomic mass is 10.2. The van der Waals surface area contributed by atoms with Crippen LogP contribution in [-0.2, 0) is 11.4 Å². The topological polar surface area (TPSA) is 88.2 Å². The number of hydrogen-bond donors (Lipinski definition) is 2. The molecule has 0 atom stereocenters. The Morgan fingerprint density at radius 1 is 1.37 bits per heavy atom. The van der Waals surface area contributed by atoms with E-state index in [1.54, 1.807) is 4.57 Å². The molecule has 0 unspecified atom stereocenters. The summed E-state index contributed by atoms with van der Waals surface area (Å²) < 4.78 is 1.68. The van der Waals surface area contributed by atoms with Crippen molar-refractivity contribution in [1.29, 1.82) is 0 Å². The van der Waals surface area contributed by atoms with Gasteiger partial charge in [0.2, 0.25) is 0 Å². The van der Waals surface area contributed by atoms with Gasteiger partial charge < -0.3 is 10.2 Å². The molecule has 0 aliphatic carbocycles. The number of nitrogens with zero attached hydrogens (tertiary/aromatic N) is 3. The van der Waals surface area contributed by atoms with Crippen LogP contribution in [0.2, 0.25) is 0 Å². The SMILES string of the molecule is Cc1ccccc1-n1c(CO)nnc1SCC(=O)O. The van der Waals surface area contributed by atoms with Crippen molar-refractivity contribution < 1.29 is 15.0 Å². The number of benzene rings is 1. The molecule has 0 spiro atoms. The summed E-state index contributed by atoms with van der Waals surface area (Å²) in [7, 11) is 0. The lowest BCUT2D eigenvalue weighted by Gasteiger charge is -2.11. The van der Waals surface area contributed by atoms with E-state index in [2.05, 4.69) is 10.2 Å². The molecule has 0 fully saturated rings. The van der Waals surface area contributed by atoms with Crippen LogP contribution < -0.4 is 0 Å². The van der Waals surface area contributed by atoms with E-state index in [0.29, 0.717) is 11.0 Å². The second-order valence-electron chi connectivity index (χ2n) is 3.86. The first-order valence-electron chi connectivity index (χ1n) is 5.59. The standard InChI is InChI=1S/C12H13N3O3S/c1-8-4-2-3-5-9(8)15-10(6-16)13-14-12(15)19-7-11(17)18/h2-5,16H,6-7H2,1H3,(H,17,18). The first-order chi connectivity index (χ1) is 9.13. The zero-order chi connectivity index (χ0) is 13.8. The molecule has 0 radical (unpaired) electrons. The monoisotopic (exact) mass is 279 g/mol. The van der Waals surface area contributed by atoms with Crippen molar-refractivity contribution in [3.63, 3.8) is 0 Å². The zero-order valence-corrected chi connectivity index (χ0v) is 11.1. The zero-order valence-electron chi connectivity index (χ0n) is 10.3. The van der Waals surface area contributed by atoms with E-state index in [1.807, 2.05) is 31.2 Å². The van der Waals surface area contributed by atoms with Gasteiger partial charge in [-0.25, -0.2) is 0 Å². The lowest BCUT2D eigenvalue weighted by molar-refractivity contribution is -0.133. The Balaban J connectivity index is 2.45. The summed E-state index contributed by atoms with van der Waals surface area (Å²) in [5, 5.41) is 26.3. The van der Waals surface area contributed by atoms with Gasteiger partial charge in [-0.2, -0.15) is 0 Å². The summed E-state index contributed by atoms with van der Waals surface area (Å²) in [6, 6.07) is 7.59. The molecule has 1 aromatic heterocycles. The van der Waals surface area contributed by atoms with Gasteiger partial charge in [-0.15, -0.1) is 10.2 Å². The number of aliphatic hydroxyl groups excluding tert-OH is 1. The molecule has 1 heterocycles. The number of aliphatic carboxylic acids is 1. The molecule has 0 bridgehead atoms. The molecule has 0 saturated heterocycles. The van der Waals surface area contributed by atoms with Crippen molar-refractivity contribution in [2.75, 3.05) is 5.75 Å². The quantitative estimate of drug-likeness (QED) is 0.801. The summed E-state index contributed by atoms with van der Waals surface area (Å²) >= 11 is 1.07. The Labute approximate surface area is 114 Å². The molecule has 1 aromatic carbocycles. The van der Waals surface area contributed by atoms with Gasteiger partial charge in [-0.1, -0.05) is 30.0 Å². The minimum absolute atomic E-state index is 0.102. The second kappa shape index (κ2) is 5.85. The summed E-state index contributed by atoms with van der Waals surface area (Å²) in [5.41, 5.74) is 1.83. The van der Waals surface area contributed by atoms with Gasteiger partial charge in [0, 0.05) is 0 Å². The Morgan fingerprint density at radius 3 is 2.74 bits per heavy atom. The fraction of sp³-hybridized carbons (Fsp3) is 0.250. The summed E-state index contributed by atoms with van der Waals surface area (Å²) in [5.74, 6) is -0.632. The lowest BCUT2D eigenvalue weighted by Crippen LogP contribution is -2.06. The summed E-state index contributed by atoms with van der Waals surface area (Å²) in [6.45, 7) is 1.68. The highest BCUT2D eigenvalue weighted by Crippen LogP contribution is 2.24. The van der Waals surface area contributed by atoms with E-state index >= 15 is 0 Å². The van der Waals surface area contributed by atoms with E-state index in [0.717, 1.165) is 23.0 Å². The first kappa shape index (κ1) is 13.6. The molecule has 6 nitrogen and oxygen atoms in total. The number of carbonyl (C=O) groups is 1. The first-order valence-corrected chi connectivity index (χ1v) is 6.57. The maximum absolute atomic E-state index is 10.6. The Morgan fingerprint density at radius 2 is 2.11 bits per heavy atom. The average Bonchev–Trinajstić information content (AvgIpc) is 2.79. The maximum Gasteiger partial charge on any atom is 0.313 e. The van der Waals surface area contributed by atoms with Crippen LogP contribution in [0, 0.1) is 6.92 Å². The Kier molecular flexibility index (Phi) is 4.18.